The molecule has 0 radical (unpaired) electrons. The van der Waals surface area contributed by atoms with Gasteiger partial charge in [-0.3, -0.25) is 0 Å². The van der Waals surface area contributed by atoms with E-state index in [1.165, 1.54) is 0 Å². The number of hydrogen-bond acceptors (Lipinski definition) is 2. The van der Waals surface area contributed by atoms with Crippen molar-refractivity contribution in [2.75, 3.05) is 6.26 Å². The molecule has 0 aliphatic rings. The highest BCUT2D eigenvalue weighted by atomic mass is 35.5. The molecule has 1 rings (SSSR count). The second-order valence-corrected chi connectivity index (χ2v) is 3.24. The predicted molar refractivity (Wildman–Crippen MR) is 47.9 cm³/mol. The Bertz CT molecular complexity index is 303. The van der Waals surface area contributed by atoms with Crippen LogP contribution < -0.4 is 0 Å². The molecule has 0 unspecified atom stereocenters. The highest BCUT2D eigenvalue weighted by molar-refractivity contribution is 7.98. The van der Waals surface area contributed by atoms with Gasteiger partial charge in [0, 0.05) is 4.90 Å². The third-order valence-corrected chi connectivity index (χ3v) is 2.33. The van der Waals surface area contributed by atoms with Crippen molar-refractivity contribution in [3.05, 3.63) is 28.8 Å². The van der Waals surface area contributed by atoms with Crippen LogP contribution >= 0.6 is 23.4 Å². The fourth-order valence-electron chi connectivity index (χ4n) is 0.713. The van der Waals surface area contributed by atoms with Gasteiger partial charge in [-0.25, -0.2) is 0 Å². The van der Waals surface area contributed by atoms with Gasteiger partial charge in [0.15, 0.2) is 0 Å². The molecule has 0 aliphatic heterocycles. The standard InChI is InChI=1S/C8H6ClNS/c1-11-7-3-2-6(5-10)8(9)4-7/h2-4H,1H3. The number of rotatable bonds is 1. The highest BCUT2D eigenvalue weighted by Crippen LogP contribution is 2.22. The third kappa shape index (κ3) is 1.89. The SMILES string of the molecule is CSc1ccc(C#N)c(Cl)c1. The lowest BCUT2D eigenvalue weighted by molar-refractivity contribution is 1.42. The minimum absolute atomic E-state index is 0.527. The highest BCUT2D eigenvalue weighted by Gasteiger charge is 1.98. The fourth-order valence-corrected chi connectivity index (χ4v) is 1.44. The second-order valence-electron chi connectivity index (χ2n) is 1.96. The first-order chi connectivity index (χ1) is 5.27. The van der Waals surface area contributed by atoms with Crippen molar-refractivity contribution in [3.8, 4) is 6.07 Å². The van der Waals surface area contributed by atoms with E-state index >= 15 is 0 Å². The van der Waals surface area contributed by atoms with Crippen molar-refractivity contribution < 1.29 is 0 Å². The van der Waals surface area contributed by atoms with Crippen LogP contribution in [0.15, 0.2) is 23.1 Å². The number of benzene rings is 1. The van der Waals surface area contributed by atoms with Gasteiger partial charge in [0.1, 0.15) is 6.07 Å². The zero-order valence-electron chi connectivity index (χ0n) is 5.97. The Morgan fingerprint density at radius 3 is 2.73 bits per heavy atom. The Labute approximate surface area is 75.0 Å². The molecule has 0 N–H and O–H groups in total. The van der Waals surface area contributed by atoms with Crippen LogP contribution in [0.4, 0.5) is 0 Å². The van der Waals surface area contributed by atoms with Crippen molar-refractivity contribution in [1.29, 1.82) is 5.26 Å². The van der Waals surface area contributed by atoms with E-state index in [0.717, 1.165) is 4.90 Å². The Kier molecular flexibility index (Phi) is 2.81. The van der Waals surface area contributed by atoms with Crippen LogP contribution in [0.25, 0.3) is 0 Å². The largest absolute Gasteiger partial charge is 0.192 e. The lowest BCUT2D eigenvalue weighted by Crippen LogP contribution is -1.76. The van der Waals surface area contributed by atoms with Gasteiger partial charge < -0.3 is 0 Å². The molecule has 0 fully saturated rings. The van der Waals surface area contributed by atoms with Crippen LogP contribution in [0.5, 0.6) is 0 Å². The van der Waals surface area contributed by atoms with E-state index < -0.39 is 0 Å². The van der Waals surface area contributed by atoms with Crippen molar-refractivity contribution in [3.63, 3.8) is 0 Å². The molecular formula is C8H6ClNS. The Balaban J connectivity index is 3.12. The van der Waals surface area contributed by atoms with Gasteiger partial charge in [0.05, 0.1) is 10.6 Å². The first-order valence-corrected chi connectivity index (χ1v) is 4.62. The molecule has 11 heavy (non-hydrogen) atoms. The summed E-state index contributed by atoms with van der Waals surface area (Å²) in [6, 6.07) is 7.42. The Morgan fingerprint density at radius 1 is 1.55 bits per heavy atom. The molecule has 0 spiro atoms. The van der Waals surface area contributed by atoms with E-state index in [9.17, 15) is 0 Å². The maximum atomic E-state index is 8.54. The number of halogens is 1. The Morgan fingerprint density at radius 2 is 2.27 bits per heavy atom. The van der Waals surface area contributed by atoms with Gasteiger partial charge in [-0.2, -0.15) is 5.26 Å². The number of nitriles is 1. The zero-order chi connectivity index (χ0) is 8.27. The van der Waals surface area contributed by atoms with Gasteiger partial charge >= 0.3 is 0 Å². The Hall–Kier alpha value is -0.650. The van der Waals surface area contributed by atoms with E-state index in [4.69, 9.17) is 16.9 Å². The van der Waals surface area contributed by atoms with Gasteiger partial charge in [0.25, 0.3) is 0 Å². The van der Waals surface area contributed by atoms with Crippen LogP contribution in [0.3, 0.4) is 0 Å². The summed E-state index contributed by atoms with van der Waals surface area (Å²) in [4.78, 5) is 1.08. The quantitative estimate of drug-likeness (QED) is 0.626. The number of nitrogens with zero attached hydrogens (tertiary/aromatic N) is 1. The molecule has 0 aromatic heterocycles. The van der Waals surface area contributed by atoms with Crippen molar-refractivity contribution >= 4 is 23.4 Å². The van der Waals surface area contributed by atoms with Crippen LogP contribution in [-0.2, 0) is 0 Å². The van der Waals surface area contributed by atoms with Crippen molar-refractivity contribution in [2.24, 2.45) is 0 Å². The summed E-state index contributed by atoms with van der Waals surface area (Å²) in [5, 5.41) is 9.07. The molecule has 0 atom stereocenters. The monoisotopic (exact) mass is 183 g/mol. The summed E-state index contributed by atoms with van der Waals surface area (Å²) in [7, 11) is 0. The van der Waals surface area contributed by atoms with Crippen LogP contribution in [0, 0.1) is 11.3 Å². The van der Waals surface area contributed by atoms with Crippen molar-refractivity contribution in [2.45, 2.75) is 4.90 Å². The predicted octanol–water partition coefficient (Wildman–Crippen LogP) is 2.93. The van der Waals surface area contributed by atoms with Gasteiger partial charge in [0.2, 0.25) is 0 Å². The lowest BCUT2D eigenvalue weighted by atomic mass is 10.2. The van der Waals surface area contributed by atoms with Gasteiger partial charge in [-0.05, 0) is 24.5 Å². The fraction of sp³-hybridized carbons (Fsp3) is 0.125. The van der Waals surface area contributed by atoms with E-state index in [-0.39, 0.29) is 0 Å². The molecule has 0 amide bonds. The molecule has 0 saturated carbocycles. The van der Waals surface area contributed by atoms with Crippen LogP contribution in [0.1, 0.15) is 5.56 Å². The summed E-state index contributed by atoms with van der Waals surface area (Å²) < 4.78 is 0. The van der Waals surface area contributed by atoms with E-state index in [2.05, 4.69) is 0 Å². The molecule has 0 bridgehead atoms. The van der Waals surface area contributed by atoms with Crippen LogP contribution in [-0.4, -0.2) is 6.26 Å². The summed E-state index contributed by atoms with van der Waals surface area (Å²) >= 11 is 7.38. The molecule has 3 heteroatoms. The van der Waals surface area contributed by atoms with Crippen molar-refractivity contribution in [1.82, 2.24) is 0 Å². The molecule has 0 heterocycles. The molecule has 0 saturated heterocycles. The third-order valence-electron chi connectivity index (χ3n) is 1.30. The zero-order valence-corrected chi connectivity index (χ0v) is 7.54. The molecule has 1 aromatic carbocycles. The van der Waals surface area contributed by atoms with Gasteiger partial charge in [-0.15, -0.1) is 11.8 Å². The van der Waals surface area contributed by atoms with E-state index in [1.807, 2.05) is 18.4 Å². The lowest BCUT2D eigenvalue weighted by Gasteiger charge is -1.97. The normalized spacial score (nSPS) is 9.18. The topological polar surface area (TPSA) is 23.8 Å². The number of thioether (sulfide) groups is 1. The molecule has 1 nitrogen and oxygen atoms in total. The van der Waals surface area contributed by atoms with Gasteiger partial charge in [-0.1, -0.05) is 11.6 Å². The van der Waals surface area contributed by atoms with E-state index in [1.54, 1.807) is 23.9 Å². The number of hydrogen-bond donors (Lipinski definition) is 0. The summed E-state index contributed by atoms with van der Waals surface area (Å²) in [6.07, 6.45) is 1.97. The first-order valence-electron chi connectivity index (χ1n) is 3.01. The summed E-state index contributed by atoms with van der Waals surface area (Å²) in [5.74, 6) is 0. The molecule has 1 aromatic rings. The molecular weight excluding hydrogens is 178 g/mol. The summed E-state index contributed by atoms with van der Waals surface area (Å²) in [5.41, 5.74) is 0.532. The average molecular weight is 184 g/mol. The smallest absolute Gasteiger partial charge is 0.101 e. The summed E-state index contributed by atoms with van der Waals surface area (Å²) in [6.45, 7) is 0. The second kappa shape index (κ2) is 3.66. The van der Waals surface area contributed by atoms with E-state index in [0.29, 0.717) is 10.6 Å². The minimum Gasteiger partial charge on any atom is -0.192 e. The molecule has 56 valence electrons. The van der Waals surface area contributed by atoms with Crippen LogP contribution in [0.2, 0.25) is 5.02 Å². The molecule has 0 aliphatic carbocycles. The first kappa shape index (κ1) is 8.45. The average Bonchev–Trinajstić information content (AvgIpc) is 2.04. The maximum absolute atomic E-state index is 8.54. The maximum Gasteiger partial charge on any atom is 0.101 e. The minimum atomic E-state index is 0.527.